The summed E-state index contributed by atoms with van der Waals surface area (Å²) in [6, 6.07) is 2.44. The number of rotatable bonds is 5. The van der Waals surface area contributed by atoms with E-state index in [4.69, 9.17) is 0 Å². The second-order valence-electron chi connectivity index (χ2n) is 5.77. The van der Waals surface area contributed by atoms with Gasteiger partial charge in [0, 0.05) is 25.3 Å². The summed E-state index contributed by atoms with van der Waals surface area (Å²) in [4.78, 5) is 0. The molecule has 4 heteroatoms. The van der Waals surface area contributed by atoms with Gasteiger partial charge >= 0.3 is 0 Å². The molecule has 1 saturated carbocycles. The van der Waals surface area contributed by atoms with E-state index in [-0.39, 0.29) is 0 Å². The molecule has 1 aromatic rings. The lowest BCUT2D eigenvalue weighted by atomic mass is 9.85. The Hall–Kier alpha value is -0.870. The molecular weight excluding hydrogens is 226 g/mol. The molecular formula is C14H25N3O. The molecule has 0 aliphatic heterocycles. The molecule has 1 aliphatic rings. The first-order chi connectivity index (χ1) is 8.59. The molecule has 4 nitrogen and oxygen atoms in total. The highest BCUT2D eigenvalue weighted by atomic mass is 16.3. The largest absolute Gasteiger partial charge is 0.389 e. The van der Waals surface area contributed by atoms with E-state index in [9.17, 15) is 5.11 Å². The number of nitrogens with one attached hydrogen (secondary N) is 1. The number of hydrogen-bond donors (Lipinski definition) is 2. The van der Waals surface area contributed by atoms with Crippen LogP contribution in [0.3, 0.4) is 0 Å². The van der Waals surface area contributed by atoms with E-state index in [1.54, 1.807) is 0 Å². The van der Waals surface area contributed by atoms with Crippen molar-refractivity contribution in [1.29, 1.82) is 0 Å². The van der Waals surface area contributed by atoms with Gasteiger partial charge in [0.1, 0.15) is 0 Å². The summed E-state index contributed by atoms with van der Waals surface area (Å²) in [5, 5.41) is 18.2. The van der Waals surface area contributed by atoms with Crippen molar-refractivity contribution in [3.63, 3.8) is 0 Å². The maximum Gasteiger partial charge on any atom is 0.0771 e. The second kappa shape index (κ2) is 5.85. The predicted octanol–water partition coefficient (Wildman–Crippen LogP) is 2.25. The summed E-state index contributed by atoms with van der Waals surface area (Å²) in [5.74, 6) is 0. The van der Waals surface area contributed by atoms with E-state index in [0.717, 1.165) is 37.9 Å². The minimum Gasteiger partial charge on any atom is -0.389 e. The summed E-state index contributed by atoms with van der Waals surface area (Å²) in [5.41, 5.74) is 0.557. The fraction of sp³-hybridized carbons (Fsp3) is 0.786. The van der Waals surface area contributed by atoms with Crippen LogP contribution in [0, 0.1) is 0 Å². The molecule has 0 bridgehead atoms. The lowest BCUT2D eigenvalue weighted by Gasteiger charge is -2.32. The Labute approximate surface area is 109 Å². The zero-order valence-electron chi connectivity index (χ0n) is 11.5. The van der Waals surface area contributed by atoms with Crippen LogP contribution < -0.4 is 5.32 Å². The summed E-state index contributed by atoms with van der Waals surface area (Å²) in [7, 11) is 0. The average Bonchev–Trinajstić information content (AvgIpc) is 2.78. The smallest absolute Gasteiger partial charge is 0.0771 e. The molecule has 0 saturated heterocycles. The van der Waals surface area contributed by atoms with Gasteiger partial charge in [-0.3, -0.25) is 4.68 Å². The zero-order valence-corrected chi connectivity index (χ0v) is 11.5. The standard InChI is InChI=1S/C14H25N3O/c1-12(2)17-9-6-13(16-17)10-15-11-14(18)7-4-3-5-8-14/h6,9,12,15,18H,3-5,7-8,10-11H2,1-2H3. The Kier molecular flexibility index (Phi) is 4.40. The molecule has 0 atom stereocenters. The van der Waals surface area contributed by atoms with E-state index >= 15 is 0 Å². The first-order valence-corrected chi connectivity index (χ1v) is 7.06. The summed E-state index contributed by atoms with van der Waals surface area (Å²) in [6.07, 6.45) is 7.44. The van der Waals surface area contributed by atoms with Crippen LogP contribution in [0.2, 0.25) is 0 Å². The van der Waals surface area contributed by atoms with Gasteiger partial charge < -0.3 is 10.4 Å². The van der Waals surface area contributed by atoms with Crippen LogP contribution in [-0.4, -0.2) is 27.0 Å². The second-order valence-corrected chi connectivity index (χ2v) is 5.77. The molecule has 1 aliphatic carbocycles. The lowest BCUT2D eigenvalue weighted by molar-refractivity contribution is 0.00461. The number of aromatic nitrogens is 2. The molecule has 0 spiro atoms. The van der Waals surface area contributed by atoms with Crippen molar-refractivity contribution >= 4 is 0 Å². The number of nitrogens with zero attached hydrogens (tertiary/aromatic N) is 2. The van der Waals surface area contributed by atoms with Crippen molar-refractivity contribution in [3.05, 3.63) is 18.0 Å². The van der Waals surface area contributed by atoms with Gasteiger partial charge in [-0.05, 0) is 32.8 Å². The summed E-state index contributed by atoms with van der Waals surface area (Å²) in [6.45, 7) is 5.66. The highest BCUT2D eigenvalue weighted by Crippen LogP contribution is 2.27. The van der Waals surface area contributed by atoms with Crippen LogP contribution in [0.1, 0.15) is 57.7 Å². The van der Waals surface area contributed by atoms with Gasteiger partial charge in [-0.25, -0.2) is 0 Å². The molecule has 1 aromatic heterocycles. The van der Waals surface area contributed by atoms with Crippen LogP contribution in [0.4, 0.5) is 0 Å². The van der Waals surface area contributed by atoms with Gasteiger partial charge in [-0.15, -0.1) is 0 Å². The zero-order chi connectivity index (χ0) is 13.0. The maximum absolute atomic E-state index is 10.4. The Morgan fingerprint density at radius 1 is 1.39 bits per heavy atom. The first-order valence-electron chi connectivity index (χ1n) is 7.06. The number of hydrogen-bond acceptors (Lipinski definition) is 3. The van der Waals surface area contributed by atoms with Crippen LogP contribution >= 0.6 is 0 Å². The monoisotopic (exact) mass is 251 g/mol. The quantitative estimate of drug-likeness (QED) is 0.844. The highest BCUT2D eigenvalue weighted by Gasteiger charge is 2.28. The SMILES string of the molecule is CC(C)n1ccc(CNCC2(O)CCCCC2)n1. The van der Waals surface area contributed by atoms with Gasteiger partial charge in [0.25, 0.3) is 0 Å². The molecule has 2 N–H and O–H groups in total. The van der Waals surface area contributed by atoms with Gasteiger partial charge in [0.05, 0.1) is 11.3 Å². The summed E-state index contributed by atoms with van der Waals surface area (Å²) < 4.78 is 1.96. The molecule has 102 valence electrons. The van der Waals surface area contributed by atoms with Gasteiger partial charge in [0.2, 0.25) is 0 Å². The average molecular weight is 251 g/mol. The third-order valence-corrected chi connectivity index (χ3v) is 3.74. The van der Waals surface area contributed by atoms with E-state index in [2.05, 4.69) is 24.3 Å². The van der Waals surface area contributed by atoms with Crippen LogP contribution in [-0.2, 0) is 6.54 Å². The lowest BCUT2D eigenvalue weighted by Crippen LogP contribution is -2.41. The van der Waals surface area contributed by atoms with Crippen molar-refractivity contribution in [2.24, 2.45) is 0 Å². The Morgan fingerprint density at radius 3 is 2.72 bits per heavy atom. The van der Waals surface area contributed by atoms with Gasteiger partial charge in [-0.2, -0.15) is 5.10 Å². The van der Waals surface area contributed by atoms with Crippen molar-refractivity contribution in [2.75, 3.05) is 6.54 Å². The van der Waals surface area contributed by atoms with Crippen LogP contribution in [0.15, 0.2) is 12.3 Å². The normalized spacial score (nSPS) is 19.3. The van der Waals surface area contributed by atoms with Crippen LogP contribution in [0.5, 0.6) is 0 Å². The third kappa shape index (κ3) is 3.56. The van der Waals surface area contributed by atoms with E-state index in [1.807, 2.05) is 16.9 Å². The van der Waals surface area contributed by atoms with E-state index in [0.29, 0.717) is 12.6 Å². The van der Waals surface area contributed by atoms with Crippen molar-refractivity contribution < 1.29 is 5.11 Å². The van der Waals surface area contributed by atoms with Gasteiger partial charge in [-0.1, -0.05) is 19.3 Å². The Balaban J connectivity index is 1.77. The predicted molar refractivity (Wildman–Crippen MR) is 72.4 cm³/mol. The molecule has 0 aromatic carbocycles. The molecule has 2 rings (SSSR count). The van der Waals surface area contributed by atoms with E-state index < -0.39 is 5.60 Å². The topological polar surface area (TPSA) is 50.1 Å². The molecule has 0 radical (unpaired) electrons. The molecule has 18 heavy (non-hydrogen) atoms. The minimum absolute atomic E-state index is 0.404. The van der Waals surface area contributed by atoms with Gasteiger partial charge in [0.15, 0.2) is 0 Å². The van der Waals surface area contributed by atoms with Crippen molar-refractivity contribution in [3.8, 4) is 0 Å². The van der Waals surface area contributed by atoms with Crippen molar-refractivity contribution in [2.45, 2.75) is 64.1 Å². The van der Waals surface area contributed by atoms with Crippen molar-refractivity contribution in [1.82, 2.24) is 15.1 Å². The van der Waals surface area contributed by atoms with Crippen LogP contribution in [0.25, 0.3) is 0 Å². The van der Waals surface area contributed by atoms with E-state index in [1.165, 1.54) is 6.42 Å². The molecule has 0 amide bonds. The molecule has 0 unspecified atom stereocenters. The molecule has 1 heterocycles. The Bertz CT molecular complexity index is 367. The Morgan fingerprint density at radius 2 is 2.11 bits per heavy atom. The fourth-order valence-corrected chi connectivity index (χ4v) is 2.57. The highest BCUT2D eigenvalue weighted by molar-refractivity contribution is 4.99. The third-order valence-electron chi connectivity index (χ3n) is 3.74. The number of aliphatic hydroxyl groups is 1. The summed E-state index contributed by atoms with van der Waals surface area (Å²) >= 11 is 0. The fourth-order valence-electron chi connectivity index (χ4n) is 2.57. The maximum atomic E-state index is 10.4. The first kappa shape index (κ1) is 13.6. The minimum atomic E-state index is -0.487. The molecule has 1 fully saturated rings.